The molecule has 1 atom stereocenters. The van der Waals surface area contributed by atoms with Crippen molar-refractivity contribution in [2.75, 3.05) is 18.1 Å². The van der Waals surface area contributed by atoms with Crippen LogP contribution in [0.15, 0.2) is 0 Å². The summed E-state index contributed by atoms with van der Waals surface area (Å²) in [7, 11) is 0. The molecule has 2 rings (SSSR count). The van der Waals surface area contributed by atoms with Crippen LogP contribution in [-0.2, 0) is 4.79 Å². The molecule has 0 aliphatic carbocycles. The lowest BCUT2D eigenvalue weighted by atomic mass is 10.2. The molecule has 0 radical (unpaired) electrons. The Morgan fingerprint density at radius 2 is 2.41 bits per heavy atom. The molecule has 8 nitrogen and oxygen atoms in total. The second-order valence-electron chi connectivity index (χ2n) is 3.56. The second kappa shape index (κ2) is 5.13. The summed E-state index contributed by atoms with van der Waals surface area (Å²) in [5, 5.41) is 21.5. The predicted octanol–water partition coefficient (Wildman–Crippen LogP) is -0.768. The highest BCUT2D eigenvalue weighted by Crippen LogP contribution is 2.20. The third kappa shape index (κ3) is 2.73. The van der Waals surface area contributed by atoms with E-state index in [2.05, 4.69) is 20.6 Å². The Bertz CT molecular complexity index is 409. The van der Waals surface area contributed by atoms with Gasteiger partial charge in [0.25, 0.3) is 11.7 Å². The summed E-state index contributed by atoms with van der Waals surface area (Å²) in [5.74, 6) is 0.108. The number of thioether (sulfide) groups is 1. The van der Waals surface area contributed by atoms with Crippen LogP contribution in [0.2, 0.25) is 0 Å². The van der Waals surface area contributed by atoms with Gasteiger partial charge in [0.15, 0.2) is 0 Å². The maximum Gasteiger partial charge on any atom is 0.305 e. The van der Waals surface area contributed by atoms with Crippen molar-refractivity contribution in [3.05, 3.63) is 5.82 Å². The predicted molar refractivity (Wildman–Crippen MR) is 58.6 cm³/mol. The summed E-state index contributed by atoms with van der Waals surface area (Å²) in [6.07, 6.45) is -0.0589. The summed E-state index contributed by atoms with van der Waals surface area (Å²) in [6.45, 7) is 0.510. The SMILES string of the molecule is O=C(O)CC1CSCCN1C(=O)c1nn[nH]n1. The van der Waals surface area contributed by atoms with Crippen molar-refractivity contribution in [3.63, 3.8) is 0 Å². The summed E-state index contributed by atoms with van der Waals surface area (Å²) in [4.78, 5) is 24.2. The van der Waals surface area contributed by atoms with Gasteiger partial charge in [0.2, 0.25) is 0 Å². The highest BCUT2D eigenvalue weighted by atomic mass is 32.2. The molecule has 1 unspecified atom stereocenters. The zero-order valence-corrected chi connectivity index (χ0v) is 9.68. The van der Waals surface area contributed by atoms with Gasteiger partial charge in [-0.1, -0.05) is 0 Å². The van der Waals surface area contributed by atoms with Gasteiger partial charge in [-0.3, -0.25) is 9.59 Å². The van der Waals surface area contributed by atoms with E-state index in [1.807, 2.05) is 0 Å². The van der Waals surface area contributed by atoms with Gasteiger partial charge >= 0.3 is 5.97 Å². The van der Waals surface area contributed by atoms with Crippen LogP contribution in [0, 0.1) is 0 Å². The average Bonchev–Trinajstić information content (AvgIpc) is 2.81. The fourth-order valence-corrected chi connectivity index (χ4v) is 2.74. The Labute approximate surface area is 101 Å². The molecule has 0 spiro atoms. The number of rotatable bonds is 3. The van der Waals surface area contributed by atoms with E-state index in [-0.39, 0.29) is 24.2 Å². The number of hydrogen-bond donors (Lipinski definition) is 2. The first-order valence-corrected chi connectivity index (χ1v) is 6.18. The molecule has 0 saturated carbocycles. The topological polar surface area (TPSA) is 112 Å². The van der Waals surface area contributed by atoms with Crippen molar-refractivity contribution in [3.8, 4) is 0 Å². The van der Waals surface area contributed by atoms with E-state index in [4.69, 9.17) is 5.11 Å². The number of aromatic nitrogens is 4. The lowest BCUT2D eigenvalue weighted by Crippen LogP contribution is -2.47. The fraction of sp³-hybridized carbons (Fsp3) is 0.625. The van der Waals surface area contributed by atoms with Crippen molar-refractivity contribution in [1.82, 2.24) is 25.5 Å². The van der Waals surface area contributed by atoms with Crippen LogP contribution in [0.25, 0.3) is 0 Å². The normalized spacial score (nSPS) is 20.2. The molecule has 2 N–H and O–H groups in total. The minimum Gasteiger partial charge on any atom is -0.481 e. The zero-order valence-electron chi connectivity index (χ0n) is 8.87. The first kappa shape index (κ1) is 11.8. The number of H-pyrrole nitrogens is 1. The third-order valence-electron chi connectivity index (χ3n) is 2.44. The lowest BCUT2D eigenvalue weighted by molar-refractivity contribution is -0.138. The summed E-state index contributed by atoms with van der Waals surface area (Å²) >= 11 is 1.64. The van der Waals surface area contributed by atoms with E-state index in [0.29, 0.717) is 12.3 Å². The number of nitrogens with one attached hydrogen (secondary N) is 1. The molecule has 1 aromatic heterocycles. The van der Waals surface area contributed by atoms with E-state index in [1.54, 1.807) is 11.8 Å². The van der Waals surface area contributed by atoms with E-state index >= 15 is 0 Å². The van der Waals surface area contributed by atoms with Crippen molar-refractivity contribution in [2.45, 2.75) is 12.5 Å². The maximum absolute atomic E-state index is 12.0. The Kier molecular flexibility index (Phi) is 3.57. The molecule has 17 heavy (non-hydrogen) atoms. The first-order chi connectivity index (χ1) is 8.18. The second-order valence-corrected chi connectivity index (χ2v) is 4.71. The molecule has 9 heteroatoms. The number of hydrogen-bond acceptors (Lipinski definition) is 6. The number of aromatic amines is 1. The molecular weight excluding hydrogens is 246 g/mol. The van der Waals surface area contributed by atoms with Gasteiger partial charge < -0.3 is 10.0 Å². The van der Waals surface area contributed by atoms with Gasteiger partial charge in [-0.2, -0.15) is 17.0 Å². The molecule has 1 fully saturated rings. The Morgan fingerprint density at radius 3 is 3.06 bits per heavy atom. The van der Waals surface area contributed by atoms with Gasteiger partial charge in [-0.05, 0) is 5.21 Å². The monoisotopic (exact) mass is 257 g/mol. The smallest absolute Gasteiger partial charge is 0.305 e. The van der Waals surface area contributed by atoms with Crippen LogP contribution in [0.1, 0.15) is 17.0 Å². The molecule has 0 aromatic carbocycles. The van der Waals surface area contributed by atoms with E-state index < -0.39 is 5.97 Å². The van der Waals surface area contributed by atoms with Gasteiger partial charge in [-0.15, -0.1) is 10.2 Å². The zero-order chi connectivity index (χ0) is 12.3. The highest BCUT2D eigenvalue weighted by Gasteiger charge is 2.31. The van der Waals surface area contributed by atoms with Crippen LogP contribution < -0.4 is 0 Å². The van der Waals surface area contributed by atoms with Crippen LogP contribution in [0.4, 0.5) is 0 Å². The molecule has 1 aliphatic rings. The third-order valence-corrected chi connectivity index (χ3v) is 3.53. The Hall–Kier alpha value is -1.64. The minimum atomic E-state index is -0.914. The van der Waals surface area contributed by atoms with Gasteiger partial charge in [0.1, 0.15) is 0 Å². The van der Waals surface area contributed by atoms with E-state index in [1.165, 1.54) is 4.90 Å². The average molecular weight is 257 g/mol. The van der Waals surface area contributed by atoms with Crippen LogP contribution in [-0.4, -0.2) is 66.6 Å². The number of carboxylic acid groups (broad SMARTS) is 1. The quantitative estimate of drug-likeness (QED) is 0.731. The standard InChI is InChI=1S/C8H11N5O3S/c14-6(15)3-5-4-17-2-1-13(5)8(16)7-9-11-12-10-7/h5H,1-4H2,(H,14,15)(H,9,10,11,12). The molecule has 1 saturated heterocycles. The fourth-order valence-electron chi connectivity index (χ4n) is 1.67. The molecule has 2 heterocycles. The summed E-state index contributed by atoms with van der Waals surface area (Å²) in [6, 6.07) is -0.308. The molecule has 1 aromatic rings. The highest BCUT2D eigenvalue weighted by molar-refractivity contribution is 7.99. The number of amides is 1. The Morgan fingerprint density at radius 1 is 1.59 bits per heavy atom. The first-order valence-electron chi connectivity index (χ1n) is 5.02. The van der Waals surface area contributed by atoms with Crippen LogP contribution in [0.5, 0.6) is 0 Å². The molecule has 0 bridgehead atoms. The molecular formula is C8H11N5O3S. The van der Waals surface area contributed by atoms with E-state index in [0.717, 1.165) is 5.75 Å². The van der Waals surface area contributed by atoms with Crippen LogP contribution >= 0.6 is 11.8 Å². The number of carbonyl (C=O) groups excluding carboxylic acids is 1. The number of nitrogens with zero attached hydrogens (tertiary/aromatic N) is 4. The largest absolute Gasteiger partial charge is 0.481 e. The van der Waals surface area contributed by atoms with Gasteiger partial charge in [0.05, 0.1) is 12.5 Å². The van der Waals surface area contributed by atoms with Gasteiger partial charge in [-0.25, -0.2) is 0 Å². The van der Waals surface area contributed by atoms with Crippen molar-refractivity contribution >= 4 is 23.6 Å². The molecule has 1 aliphatic heterocycles. The number of aliphatic carboxylic acids is 1. The minimum absolute atomic E-state index is 0.0210. The van der Waals surface area contributed by atoms with Crippen molar-refractivity contribution in [2.24, 2.45) is 0 Å². The van der Waals surface area contributed by atoms with Crippen LogP contribution in [0.3, 0.4) is 0 Å². The summed E-state index contributed by atoms with van der Waals surface area (Å²) in [5.41, 5.74) is 0. The molecule has 1 amide bonds. The van der Waals surface area contributed by atoms with Crippen molar-refractivity contribution < 1.29 is 14.7 Å². The number of carbonyl (C=O) groups is 2. The lowest BCUT2D eigenvalue weighted by Gasteiger charge is -2.33. The molecule has 92 valence electrons. The van der Waals surface area contributed by atoms with Gasteiger partial charge in [0, 0.05) is 18.1 Å². The summed E-state index contributed by atoms with van der Waals surface area (Å²) < 4.78 is 0. The maximum atomic E-state index is 12.0. The van der Waals surface area contributed by atoms with Crippen molar-refractivity contribution in [1.29, 1.82) is 0 Å². The number of tetrazole rings is 1. The number of carboxylic acids is 1. The Balaban J connectivity index is 2.10. The van der Waals surface area contributed by atoms with E-state index in [9.17, 15) is 9.59 Å².